The zero-order valence-corrected chi connectivity index (χ0v) is 24.0. The molecule has 0 unspecified atom stereocenters. The van der Waals surface area contributed by atoms with E-state index < -0.39 is 0 Å². The fourth-order valence-electron chi connectivity index (χ4n) is 5.06. The molecule has 5 nitrogen and oxygen atoms in total. The summed E-state index contributed by atoms with van der Waals surface area (Å²) in [5.74, 6) is 1.29. The quantitative estimate of drug-likeness (QED) is 0.165. The van der Waals surface area contributed by atoms with E-state index in [2.05, 4.69) is 42.5 Å². The number of benzene rings is 4. The van der Waals surface area contributed by atoms with Crippen LogP contribution in [0.5, 0.6) is 17.2 Å². The summed E-state index contributed by atoms with van der Waals surface area (Å²) in [4.78, 5) is 14.6. The van der Waals surface area contributed by atoms with E-state index >= 15 is 0 Å². The Balaban J connectivity index is 1.82. The Kier molecular flexibility index (Phi) is 8.37. The maximum Gasteiger partial charge on any atom is 0.338 e. The Bertz CT molecular complexity index is 1600. The molecule has 0 N–H and O–H groups in total. The zero-order chi connectivity index (χ0) is 28.1. The molecule has 0 radical (unpaired) electrons. The van der Waals surface area contributed by atoms with E-state index in [1.165, 1.54) is 10.4 Å². The first-order valence-electron chi connectivity index (χ1n) is 13.2. The van der Waals surface area contributed by atoms with E-state index in [9.17, 15) is 4.79 Å². The molecule has 4 aromatic carbocycles. The van der Waals surface area contributed by atoms with Gasteiger partial charge in [0, 0.05) is 21.6 Å². The second-order valence-corrected chi connectivity index (χ2v) is 10.5. The lowest BCUT2D eigenvalue weighted by molar-refractivity contribution is 0.0525. The van der Waals surface area contributed by atoms with Crippen molar-refractivity contribution in [1.82, 2.24) is 0 Å². The Hall–Kier alpha value is -4.29. The molecule has 5 rings (SSSR count). The molecular weight excluding hydrogens is 520 g/mol. The topological polar surface area (TPSA) is 54.0 Å². The van der Waals surface area contributed by atoms with Gasteiger partial charge in [-0.3, -0.25) is 0 Å². The Morgan fingerprint density at radius 3 is 1.90 bits per heavy atom. The van der Waals surface area contributed by atoms with Crippen LogP contribution in [0.25, 0.3) is 21.2 Å². The molecule has 6 heteroatoms. The third kappa shape index (κ3) is 5.54. The number of hydrogen-bond acceptors (Lipinski definition) is 6. The van der Waals surface area contributed by atoms with Crippen LogP contribution < -0.4 is 14.2 Å². The van der Waals surface area contributed by atoms with Crippen molar-refractivity contribution < 1.29 is 23.7 Å². The van der Waals surface area contributed by atoms with Gasteiger partial charge in [0.25, 0.3) is 0 Å². The lowest BCUT2D eigenvalue weighted by atomic mass is 9.89. The standard InChI is InChI=1S/C34H32O5S/c1-5-39-34(35)28-19-25-18-26(16-22-12-8-6-9-13-22)40-33(25)31(27(28)17-23-14-10-7-11-15-23)24-20-29(36-2)32(38-4)30(21-24)37-3/h6-15,18-21H,5,16-17H2,1-4H3. The van der Waals surface area contributed by atoms with Gasteiger partial charge in [-0.15, -0.1) is 11.3 Å². The SMILES string of the molecule is CCOC(=O)c1cc2cc(Cc3ccccc3)sc2c(-c2cc(OC)c(OC)c(OC)c2)c1Cc1ccccc1. The van der Waals surface area contributed by atoms with Crippen molar-refractivity contribution in [2.45, 2.75) is 19.8 Å². The lowest BCUT2D eigenvalue weighted by Crippen LogP contribution is -2.10. The molecule has 0 fully saturated rings. The maximum absolute atomic E-state index is 13.4. The summed E-state index contributed by atoms with van der Waals surface area (Å²) in [5.41, 5.74) is 5.64. The first kappa shape index (κ1) is 27.3. The number of carbonyl (C=O) groups is 1. The summed E-state index contributed by atoms with van der Waals surface area (Å²) >= 11 is 1.74. The molecule has 0 aliphatic carbocycles. The number of ether oxygens (including phenoxy) is 4. The summed E-state index contributed by atoms with van der Waals surface area (Å²) in [7, 11) is 4.81. The molecule has 204 valence electrons. The van der Waals surface area contributed by atoms with Crippen molar-refractivity contribution in [3.63, 3.8) is 0 Å². The van der Waals surface area contributed by atoms with Crippen molar-refractivity contribution in [3.05, 3.63) is 112 Å². The van der Waals surface area contributed by atoms with Crippen molar-refractivity contribution in [2.75, 3.05) is 27.9 Å². The van der Waals surface area contributed by atoms with Crippen molar-refractivity contribution in [3.8, 4) is 28.4 Å². The highest BCUT2D eigenvalue weighted by Crippen LogP contribution is 2.46. The van der Waals surface area contributed by atoms with Crippen LogP contribution >= 0.6 is 11.3 Å². The molecule has 5 aromatic rings. The molecule has 1 heterocycles. The Labute approximate surface area is 238 Å². The monoisotopic (exact) mass is 552 g/mol. The molecule has 1 aromatic heterocycles. The third-order valence-corrected chi connectivity index (χ3v) is 8.03. The highest BCUT2D eigenvalue weighted by molar-refractivity contribution is 7.19. The largest absolute Gasteiger partial charge is 0.493 e. The minimum absolute atomic E-state index is 0.296. The van der Waals surface area contributed by atoms with Gasteiger partial charge in [-0.2, -0.15) is 0 Å². The Morgan fingerprint density at radius 2 is 1.35 bits per heavy atom. The molecule has 0 amide bonds. The molecule has 0 saturated heterocycles. The van der Waals surface area contributed by atoms with Crippen molar-refractivity contribution in [2.24, 2.45) is 0 Å². The zero-order valence-electron chi connectivity index (χ0n) is 23.2. The van der Waals surface area contributed by atoms with E-state index in [4.69, 9.17) is 18.9 Å². The van der Waals surface area contributed by atoms with Gasteiger partial charge in [0.2, 0.25) is 5.75 Å². The summed E-state index contributed by atoms with van der Waals surface area (Å²) in [6.45, 7) is 2.13. The van der Waals surface area contributed by atoms with Crippen molar-refractivity contribution in [1.29, 1.82) is 0 Å². The number of methoxy groups -OCH3 is 3. The fourth-order valence-corrected chi connectivity index (χ4v) is 6.33. The number of esters is 1. The highest BCUT2D eigenvalue weighted by Gasteiger charge is 2.25. The number of fused-ring (bicyclic) bond motifs is 1. The highest BCUT2D eigenvalue weighted by atomic mass is 32.1. The van der Waals surface area contributed by atoms with E-state index in [-0.39, 0.29) is 5.97 Å². The first-order chi connectivity index (χ1) is 19.6. The number of carbonyl (C=O) groups excluding carboxylic acids is 1. The van der Waals surface area contributed by atoms with Crippen LogP contribution in [0.4, 0.5) is 0 Å². The summed E-state index contributed by atoms with van der Waals surface area (Å²) in [5, 5.41) is 1.000. The molecule has 0 aliphatic rings. The van der Waals surface area contributed by atoms with Crippen LogP contribution in [0, 0.1) is 0 Å². The lowest BCUT2D eigenvalue weighted by Gasteiger charge is -2.19. The molecule has 0 aliphatic heterocycles. The predicted molar refractivity (Wildman–Crippen MR) is 161 cm³/mol. The maximum atomic E-state index is 13.4. The van der Waals surface area contributed by atoms with Crippen LogP contribution in [0.2, 0.25) is 0 Å². The summed E-state index contributed by atoms with van der Waals surface area (Å²) < 4.78 is 23.7. The van der Waals surface area contributed by atoms with Crippen LogP contribution in [0.15, 0.2) is 84.9 Å². The summed E-state index contributed by atoms with van der Waals surface area (Å²) in [6, 6.07) is 28.7. The minimum atomic E-state index is -0.333. The second-order valence-electron chi connectivity index (χ2n) is 9.37. The average molecular weight is 553 g/mol. The smallest absolute Gasteiger partial charge is 0.338 e. The van der Waals surface area contributed by atoms with Gasteiger partial charge >= 0.3 is 5.97 Å². The predicted octanol–water partition coefficient (Wildman–Crippen LogP) is 7.95. The van der Waals surface area contributed by atoms with E-state index in [1.54, 1.807) is 32.7 Å². The molecule has 0 saturated carbocycles. The van der Waals surface area contributed by atoms with Crippen LogP contribution in [-0.4, -0.2) is 33.9 Å². The van der Waals surface area contributed by atoms with Gasteiger partial charge < -0.3 is 18.9 Å². The second kappa shape index (κ2) is 12.3. The number of rotatable bonds is 10. The number of thiophene rings is 1. The minimum Gasteiger partial charge on any atom is -0.493 e. The Morgan fingerprint density at radius 1 is 0.750 bits per heavy atom. The average Bonchev–Trinajstić information content (AvgIpc) is 3.38. The van der Waals surface area contributed by atoms with Gasteiger partial charge in [0.15, 0.2) is 11.5 Å². The van der Waals surface area contributed by atoms with Crippen molar-refractivity contribution >= 4 is 27.4 Å². The van der Waals surface area contributed by atoms with Crippen LogP contribution in [0.3, 0.4) is 0 Å². The molecule has 40 heavy (non-hydrogen) atoms. The van der Waals surface area contributed by atoms with E-state index in [0.717, 1.165) is 38.8 Å². The van der Waals surface area contributed by atoms with Gasteiger partial charge in [0.1, 0.15) is 0 Å². The van der Waals surface area contributed by atoms with Gasteiger partial charge in [-0.1, -0.05) is 60.7 Å². The van der Waals surface area contributed by atoms with Gasteiger partial charge in [-0.25, -0.2) is 4.79 Å². The summed E-state index contributed by atoms with van der Waals surface area (Å²) in [6.07, 6.45) is 1.36. The van der Waals surface area contributed by atoms with Gasteiger partial charge in [-0.05, 0) is 65.3 Å². The first-order valence-corrected chi connectivity index (χ1v) is 14.0. The molecular formula is C34H32O5S. The normalized spacial score (nSPS) is 10.9. The fraction of sp³-hybridized carbons (Fsp3) is 0.206. The molecule has 0 spiro atoms. The van der Waals surface area contributed by atoms with E-state index in [1.807, 2.05) is 49.4 Å². The molecule has 0 atom stereocenters. The van der Waals surface area contributed by atoms with E-state index in [0.29, 0.717) is 35.8 Å². The van der Waals surface area contributed by atoms with Crippen LogP contribution in [-0.2, 0) is 17.6 Å². The van der Waals surface area contributed by atoms with Gasteiger partial charge in [0.05, 0.1) is 33.5 Å². The molecule has 0 bridgehead atoms. The van der Waals surface area contributed by atoms with Crippen LogP contribution in [0.1, 0.15) is 38.8 Å². The third-order valence-electron chi connectivity index (χ3n) is 6.86. The number of hydrogen-bond donors (Lipinski definition) is 0.